The maximum absolute atomic E-state index is 12.4. The van der Waals surface area contributed by atoms with Gasteiger partial charge in [-0.15, -0.1) is 11.3 Å². The van der Waals surface area contributed by atoms with E-state index < -0.39 is 0 Å². The van der Waals surface area contributed by atoms with Crippen molar-refractivity contribution in [2.75, 3.05) is 18.4 Å². The minimum Gasteiger partial charge on any atom is -0.301 e. The fourth-order valence-corrected chi connectivity index (χ4v) is 4.09. The van der Waals surface area contributed by atoms with Crippen molar-refractivity contribution >= 4 is 22.4 Å². The molecule has 8 heteroatoms. The normalized spacial score (nSPS) is 18.7. The Hall–Kier alpha value is -1.80. The fraction of sp³-hybridized carbons (Fsp3) is 0.625. The van der Waals surface area contributed by atoms with E-state index in [9.17, 15) is 4.79 Å². The molecule has 0 unspecified atom stereocenters. The quantitative estimate of drug-likeness (QED) is 0.865. The van der Waals surface area contributed by atoms with Crippen LogP contribution in [0, 0.1) is 6.92 Å². The molecule has 130 valence electrons. The Morgan fingerprint density at radius 1 is 1.46 bits per heavy atom. The molecule has 0 aliphatic carbocycles. The van der Waals surface area contributed by atoms with Gasteiger partial charge in [-0.2, -0.15) is 5.10 Å². The Morgan fingerprint density at radius 3 is 3.04 bits per heavy atom. The van der Waals surface area contributed by atoms with Crippen molar-refractivity contribution in [2.24, 2.45) is 0 Å². The van der Waals surface area contributed by atoms with Gasteiger partial charge in [0.2, 0.25) is 5.91 Å². The number of likely N-dealkylation sites (tertiary alicyclic amines) is 1. The molecule has 1 aliphatic rings. The zero-order valence-corrected chi connectivity index (χ0v) is 15.1. The third-order valence-corrected chi connectivity index (χ3v) is 5.36. The second kappa shape index (κ2) is 7.85. The van der Waals surface area contributed by atoms with Crippen molar-refractivity contribution in [1.82, 2.24) is 24.6 Å². The number of aromatic nitrogens is 4. The number of aryl methyl sites for hydroxylation is 2. The smallest absolute Gasteiger partial charge is 0.240 e. The molecule has 0 bridgehead atoms. The lowest BCUT2D eigenvalue weighted by atomic mass is 10.0. The summed E-state index contributed by atoms with van der Waals surface area (Å²) in [5, 5.41) is 7.85. The molecule has 7 nitrogen and oxygen atoms in total. The lowest BCUT2D eigenvalue weighted by molar-refractivity contribution is -0.118. The van der Waals surface area contributed by atoms with Gasteiger partial charge < -0.3 is 5.32 Å². The summed E-state index contributed by atoms with van der Waals surface area (Å²) in [6, 6.07) is 0.329. The van der Waals surface area contributed by atoms with E-state index in [-0.39, 0.29) is 5.91 Å². The zero-order chi connectivity index (χ0) is 16.9. The summed E-state index contributed by atoms with van der Waals surface area (Å²) in [4.78, 5) is 24.3. The molecule has 1 amide bonds. The molecule has 1 N–H and O–H groups in total. The summed E-state index contributed by atoms with van der Waals surface area (Å²) in [6.07, 6.45) is 7.60. The maximum Gasteiger partial charge on any atom is 0.240 e. The number of amides is 1. The van der Waals surface area contributed by atoms with Gasteiger partial charge in [-0.25, -0.2) is 9.97 Å². The Bertz CT molecular complexity index is 668. The highest BCUT2D eigenvalue weighted by Gasteiger charge is 2.25. The first-order chi connectivity index (χ1) is 11.7. The second-order valence-electron chi connectivity index (χ2n) is 6.16. The highest BCUT2D eigenvalue weighted by Crippen LogP contribution is 2.23. The van der Waals surface area contributed by atoms with Crippen molar-refractivity contribution in [3.8, 4) is 0 Å². The maximum atomic E-state index is 12.4. The van der Waals surface area contributed by atoms with E-state index in [1.807, 2.05) is 11.6 Å². The van der Waals surface area contributed by atoms with Crippen LogP contribution in [0.5, 0.6) is 0 Å². The molecule has 1 aliphatic heterocycles. The van der Waals surface area contributed by atoms with Gasteiger partial charge in [-0.05, 0) is 32.7 Å². The average Bonchev–Trinajstić information content (AvgIpc) is 3.18. The van der Waals surface area contributed by atoms with Gasteiger partial charge in [-0.3, -0.25) is 14.4 Å². The topological polar surface area (TPSA) is 75.9 Å². The van der Waals surface area contributed by atoms with Crippen LogP contribution >= 0.6 is 11.3 Å². The first-order valence-electron chi connectivity index (χ1n) is 8.48. The Kier molecular flexibility index (Phi) is 5.57. The SMILES string of the molecule is CCc1nc(NC(=O)CN2CCCC[C@@H]2Cn2cncn2)sc1C. The van der Waals surface area contributed by atoms with Crippen LogP contribution in [0.2, 0.25) is 0 Å². The van der Waals surface area contributed by atoms with Crippen molar-refractivity contribution < 1.29 is 4.79 Å². The molecule has 24 heavy (non-hydrogen) atoms. The first kappa shape index (κ1) is 17.0. The predicted octanol–water partition coefficient (Wildman–Crippen LogP) is 2.10. The number of nitrogens with zero attached hydrogens (tertiary/aromatic N) is 5. The molecular weight excluding hydrogens is 324 g/mol. The lowest BCUT2D eigenvalue weighted by Crippen LogP contribution is -2.46. The highest BCUT2D eigenvalue weighted by atomic mass is 32.1. The molecule has 2 aromatic heterocycles. The van der Waals surface area contributed by atoms with Crippen molar-refractivity contribution in [1.29, 1.82) is 0 Å². The molecule has 1 fully saturated rings. The minimum atomic E-state index is 0.0110. The second-order valence-corrected chi connectivity index (χ2v) is 7.36. The van der Waals surface area contributed by atoms with Crippen LogP contribution in [0.4, 0.5) is 5.13 Å². The van der Waals surface area contributed by atoms with Crippen LogP contribution in [0.15, 0.2) is 12.7 Å². The largest absolute Gasteiger partial charge is 0.301 e. The molecule has 1 saturated heterocycles. The predicted molar refractivity (Wildman–Crippen MR) is 94.1 cm³/mol. The first-order valence-corrected chi connectivity index (χ1v) is 9.30. The monoisotopic (exact) mass is 348 g/mol. The number of hydrogen-bond acceptors (Lipinski definition) is 6. The number of hydrogen-bond donors (Lipinski definition) is 1. The van der Waals surface area contributed by atoms with Gasteiger partial charge in [-0.1, -0.05) is 13.3 Å². The molecule has 3 heterocycles. The average molecular weight is 348 g/mol. The Balaban J connectivity index is 1.58. The Morgan fingerprint density at radius 2 is 2.33 bits per heavy atom. The van der Waals surface area contributed by atoms with Crippen molar-refractivity contribution in [3.05, 3.63) is 23.2 Å². The highest BCUT2D eigenvalue weighted by molar-refractivity contribution is 7.15. The van der Waals surface area contributed by atoms with Crippen molar-refractivity contribution in [3.63, 3.8) is 0 Å². The molecule has 0 radical (unpaired) electrons. The minimum absolute atomic E-state index is 0.0110. The third kappa shape index (κ3) is 4.18. The molecule has 1 atom stereocenters. The van der Waals surface area contributed by atoms with Gasteiger partial charge >= 0.3 is 0 Å². The number of rotatable bonds is 6. The molecule has 3 rings (SSSR count). The van der Waals surface area contributed by atoms with E-state index in [1.54, 1.807) is 24.0 Å². The number of thiazole rings is 1. The van der Waals surface area contributed by atoms with Crippen LogP contribution in [0.3, 0.4) is 0 Å². The summed E-state index contributed by atoms with van der Waals surface area (Å²) < 4.78 is 1.85. The van der Waals surface area contributed by atoms with Crippen LogP contribution in [-0.4, -0.2) is 49.7 Å². The van der Waals surface area contributed by atoms with E-state index in [1.165, 1.54) is 11.3 Å². The number of nitrogens with one attached hydrogen (secondary N) is 1. The number of piperidine rings is 1. The van der Waals surface area contributed by atoms with E-state index in [0.29, 0.717) is 17.7 Å². The van der Waals surface area contributed by atoms with Gasteiger partial charge in [0.25, 0.3) is 0 Å². The van der Waals surface area contributed by atoms with Gasteiger partial charge in [0, 0.05) is 10.9 Å². The van der Waals surface area contributed by atoms with E-state index in [0.717, 1.165) is 38.0 Å². The number of carbonyl (C=O) groups excluding carboxylic acids is 1. The van der Waals surface area contributed by atoms with E-state index >= 15 is 0 Å². The number of carbonyl (C=O) groups is 1. The fourth-order valence-electron chi connectivity index (χ4n) is 3.17. The van der Waals surface area contributed by atoms with Crippen LogP contribution in [-0.2, 0) is 17.8 Å². The zero-order valence-electron chi connectivity index (χ0n) is 14.2. The molecule has 0 saturated carbocycles. The van der Waals surface area contributed by atoms with E-state index in [4.69, 9.17) is 0 Å². The van der Waals surface area contributed by atoms with Crippen LogP contribution in [0.1, 0.15) is 36.8 Å². The molecule has 0 aromatic carbocycles. The lowest BCUT2D eigenvalue weighted by Gasteiger charge is -2.34. The summed E-state index contributed by atoms with van der Waals surface area (Å²) in [7, 11) is 0. The summed E-state index contributed by atoms with van der Waals surface area (Å²) in [5.41, 5.74) is 1.07. The van der Waals surface area contributed by atoms with Gasteiger partial charge in [0.05, 0.1) is 18.8 Å². The number of anilines is 1. The van der Waals surface area contributed by atoms with Gasteiger partial charge in [0.15, 0.2) is 5.13 Å². The van der Waals surface area contributed by atoms with Crippen LogP contribution in [0.25, 0.3) is 0 Å². The van der Waals surface area contributed by atoms with E-state index in [2.05, 4.69) is 32.2 Å². The summed E-state index contributed by atoms with van der Waals surface area (Å²) >= 11 is 1.55. The standard InChI is InChI=1S/C16H24N6OS/c1-3-14-12(2)24-16(19-14)20-15(23)9-21-7-5-4-6-13(21)8-22-11-17-10-18-22/h10-11,13H,3-9H2,1-2H3,(H,19,20,23)/t13-/m1/s1. The van der Waals surface area contributed by atoms with Gasteiger partial charge in [0.1, 0.15) is 12.7 Å². The molecule has 0 spiro atoms. The summed E-state index contributed by atoms with van der Waals surface area (Å²) in [6.45, 7) is 6.26. The summed E-state index contributed by atoms with van der Waals surface area (Å²) in [5.74, 6) is 0.0110. The van der Waals surface area contributed by atoms with Crippen LogP contribution < -0.4 is 5.32 Å². The third-order valence-electron chi connectivity index (χ3n) is 4.43. The molecular formula is C16H24N6OS. The van der Waals surface area contributed by atoms with Crippen molar-refractivity contribution in [2.45, 2.75) is 52.1 Å². The Labute approximate surface area is 146 Å². The molecule has 2 aromatic rings.